The number of hydrogen-bond donors (Lipinski definition) is 1. The van der Waals surface area contributed by atoms with Gasteiger partial charge in [-0.25, -0.2) is 0 Å². The number of aryl methyl sites for hydroxylation is 1. The van der Waals surface area contributed by atoms with Crippen molar-refractivity contribution >= 4 is 5.78 Å². The van der Waals surface area contributed by atoms with Crippen LogP contribution in [0.4, 0.5) is 0 Å². The highest BCUT2D eigenvalue weighted by Crippen LogP contribution is 2.21. The van der Waals surface area contributed by atoms with Crippen LogP contribution in [0.5, 0.6) is 5.75 Å². The average molecular weight is 221 g/mol. The number of benzene rings is 1. The third-order valence-corrected chi connectivity index (χ3v) is 2.76. The van der Waals surface area contributed by atoms with Crippen molar-refractivity contribution in [2.75, 3.05) is 14.2 Å². The molecule has 0 aromatic heterocycles. The Morgan fingerprint density at radius 2 is 2.19 bits per heavy atom. The zero-order valence-electron chi connectivity index (χ0n) is 10.3. The van der Waals surface area contributed by atoms with Crippen LogP contribution in [-0.4, -0.2) is 26.0 Å². The SMILES string of the molecule is CCc1ccc(OC)c(C(=O)C(C)NC)c1. The fraction of sp³-hybridized carbons (Fsp3) is 0.462. The van der Waals surface area contributed by atoms with Crippen LogP contribution in [0.2, 0.25) is 0 Å². The van der Waals surface area contributed by atoms with Crippen LogP contribution in [0.1, 0.15) is 29.8 Å². The number of Topliss-reactive ketones (excluding diaryl/α,β-unsaturated/α-hetero) is 1. The number of carbonyl (C=O) groups excluding carboxylic acids is 1. The van der Waals surface area contributed by atoms with Crippen LogP contribution in [-0.2, 0) is 6.42 Å². The molecule has 1 rings (SSSR count). The quantitative estimate of drug-likeness (QED) is 0.773. The van der Waals surface area contributed by atoms with Crippen molar-refractivity contribution in [3.63, 3.8) is 0 Å². The fourth-order valence-electron chi connectivity index (χ4n) is 1.53. The van der Waals surface area contributed by atoms with E-state index in [-0.39, 0.29) is 11.8 Å². The molecule has 0 fully saturated rings. The minimum absolute atomic E-state index is 0.0645. The highest BCUT2D eigenvalue weighted by atomic mass is 16.5. The van der Waals surface area contributed by atoms with Gasteiger partial charge in [-0.05, 0) is 38.1 Å². The van der Waals surface area contributed by atoms with Crippen molar-refractivity contribution in [3.05, 3.63) is 29.3 Å². The van der Waals surface area contributed by atoms with E-state index in [4.69, 9.17) is 4.74 Å². The van der Waals surface area contributed by atoms with E-state index in [0.29, 0.717) is 11.3 Å². The van der Waals surface area contributed by atoms with Gasteiger partial charge < -0.3 is 10.1 Å². The molecule has 16 heavy (non-hydrogen) atoms. The lowest BCUT2D eigenvalue weighted by Gasteiger charge is -2.13. The van der Waals surface area contributed by atoms with Crippen molar-refractivity contribution in [2.24, 2.45) is 0 Å². The predicted molar refractivity (Wildman–Crippen MR) is 65.2 cm³/mol. The molecule has 1 N–H and O–H groups in total. The maximum Gasteiger partial charge on any atom is 0.183 e. The van der Waals surface area contributed by atoms with Gasteiger partial charge in [-0.15, -0.1) is 0 Å². The number of hydrogen-bond acceptors (Lipinski definition) is 3. The highest BCUT2D eigenvalue weighted by molar-refractivity contribution is 6.02. The van der Waals surface area contributed by atoms with E-state index in [2.05, 4.69) is 12.2 Å². The summed E-state index contributed by atoms with van der Waals surface area (Å²) >= 11 is 0. The van der Waals surface area contributed by atoms with E-state index in [1.165, 1.54) is 0 Å². The largest absolute Gasteiger partial charge is 0.496 e. The molecular weight excluding hydrogens is 202 g/mol. The van der Waals surface area contributed by atoms with Gasteiger partial charge in [0.2, 0.25) is 0 Å². The molecule has 0 spiro atoms. The van der Waals surface area contributed by atoms with Crippen molar-refractivity contribution in [1.29, 1.82) is 0 Å². The monoisotopic (exact) mass is 221 g/mol. The van der Waals surface area contributed by atoms with Crippen LogP contribution in [0, 0.1) is 0 Å². The Morgan fingerprint density at radius 1 is 1.50 bits per heavy atom. The van der Waals surface area contributed by atoms with Gasteiger partial charge in [0.15, 0.2) is 5.78 Å². The second-order valence-corrected chi connectivity index (χ2v) is 3.76. The first kappa shape index (κ1) is 12.7. The molecular formula is C13H19NO2. The highest BCUT2D eigenvalue weighted by Gasteiger charge is 2.17. The molecule has 0 saturated carbocycles. The van der Waals surface area contributed by atoms with Crippen LogP contribution in [0.25, 0.3) is 0 Å². The minimum Gasteiger partial charge on any atom is -0.496 e. The number of ketones is 1. The molecule has 1 aromatic rings. The summed E-state index contributed by atoms with van der Waals surface area (Å²) in [6.45, 7) is 3.91. The topological polar surface area (TPSA) is 38.3 Å². The number of likely N-dealkylation sites (N-methyl/N-ethyl adjacent to an activating group) is 1. The van der Waals surface area contributed by atoms with Crippen molar-refractivity contribution in [1.82, 2.24) is 5.32 Å². The lowest BCUT2D eigenvalue weighted by Crippen LogP contribution is -2.31. The fourth-order valence-corrected chi connectivity index (χ4v) is 1.53. The minimum atomic E-state index is -0.194. The van der Waals surface area contributed by atoms with E-state index in [0.717, 1.165) is 12.0 Å². The first-order valence-electron chi connectivity index (χ1n) is 5.52. The van der Waals surface area contributed by atoms with Crippen LogP contribution < -0.4 is 10.1 Å². The van der Waals surface area contributed by atoms with Crippen LogP contribution in [0.15, 0.2) is 18.2 Å². The van der Waals surface area contributed by atoms with E-state index in [1.807, 2.05) is 25.1 Å². The predicted octanol–water partition coefficient (Wildman–Crippen LogP) is 2.05. The second-order valence-electron chi connectivity index (χ2n) is 3.76. The van der Waals surface area contributed by atoms with Gasteiger partial charge in [-0.2, -0.15) is 0 Å². The molecule has 1 unspecified atom stereocenters. The summed E-state index contributed by atoms with van der Waals surface area (Å²) in [5, 5.41) is 2.95. The molecule has 0 radical (unpaired) electrons. The van der Waals surface area contributed by atoms with Gasteiger partial charge in [-0.1, -0.05) is 13.0 Å². The first-order valence-corrected chi connectivity index (χ1v) is 5.52. The number of carbonyl (C=O) groups is 1. The average Bonchev–Trinajstić information content (AvgIpc) is 2.35. The van der Waals surface area contributed by atoms with Gasteiger partial charge in [-0.3, -0.25) is 4.79 Å². The summed E-state index contributed by atoms with van der Waals surface area (Å²) in [7, 11) is 3.36. The summed E-state index contributed by atoms with van der Waals surface area (Å²) in [4.78, 5) is 12.1. The summed E-state index contributed by atoms with van der Waals surface area (Å²) < 4.78 is 5.21. The molecule has 0 aliphatic carbocycles. The molecule has 0 aliphatic heterocycles. The van der Waals surface area contributed by atoms with Crippen molar-refractivity contribution in [2.45, 2.75) is 26.3 Å². The molecule has 0 heterocycles. The van der Waals surface area contributed by atoms with E-state index in [1.54, 1.807) is 14.2 Å². The number of methoxy groups -OCH3 is 1. The molecule has 1 atom stereocenters. The Balaban J connectivity index is 3.13. The molecule has 0 saturated heterocycles. The maximum atomic E-state index is 12.1. The zero-order valence-corrected chi connectivity index (χ0v) is 10.3. The van der Waals surface area contributed by atoms with Crippen molar-refractivity contribution in [3.8, 4) is 5.75 Å². The van der Waals surface area contributed by atoms with Gasteiger partial charge in [0, 0.05) is 0 Å². The summed E-state index contributed by atoms with van der Waals surface area (Å²) in [5.74, 6) is 0.707. The van der Waals surface area contributed by atoms with E-state index < -0.39 is 0 Å². The Kier molecular flexibility index (Phi) is 4.50. The molecule has 3 nitrogen and oxygen atoms in total. The van der Waals surface area contributed by atoms with Crippen LogP contribution in [0.3, 0.4) is 0 Å². The number of ether oxygens (including phenoxy) is 1. The number of rotatable bonds is 5. The molecule has 88 valence electrons. The second kappa shape index (κ2) is 5.66. The number of nitrogens with one attached hydrogen (secondary N) is 1. The van der Waals surface area contributed by atoms with Gasteiger partial charge in [0.05, 0.1) is 18.7 Å². The van der Waals surface area contributed by atoms with Gasteiger partial charge in [0.1, 0.15) is 5.75 Å². The Bertz CT molecular complexity index is 374. The maximum absolute atomic E-state index is 12.1. The third-order valence-electron chi connectivity index (χ3n) is 2.76. The lowest BCUT2D eigenvalue weighted by atomic mass is 10.0. The summed E-state index contributed by atoms with van der Waals surface area (Å²) in [6, 6.07) is 5.56. The van der Waals surface area contributed by atoms with Crippen LogP contribution >= 0.6 is 0 Å². The van der Waals surface area contributed by atoms with Crippen molar-refractivity contribution < 1.29 is 9.53 Å². The standard InChI is InChI=1S/C13H19NO2/c1-5-10-6-7-12(16-4)11(8-10)13(15)9(2)14-3/h6-9,14H,5H2,1-4H3. The zero-order chi connectivity index (χ0) is 12.1. The Labute approximate surface area is 96.8 Å². The summed E-state index contributed by atoms with van der Waals surface area (Å²) in [5.41, 5.74) is 1.80. The van der Waals surface area contributed by atoms with E-state index >= 15 is 0 Å². The van der Waals surface area contributed by atoms with E-state index in [9.17, 15) is 4.79 Å². The van der Waals surface area contributed by atoms with Gasteiger partial charge in [0.25, 0.3) is 0 Å². The Hall–Kier alpha value is -1.35. The molecule has 0 amide bonds. The third kappa shape index (κ3) is 2.61. The molecule has 3 heteroatoms. The summed E-state index contributed by atoms with van der Waals surface area (Å²) in [6.07, 6.45) is 0.915. The molecule has 0 aliphatic rings. The molecule has 0 bridgehead atoms. The first-order chi connectivity index (χ1) is 7.63. The Morgan fingerprint density at radius 3 is 2.69 bits per heavy atom. The lowest BCUT2D eigenvalue weighted by molar-refractivity contribution is 0.0952. The molecule has 1 aromatic carbocycles. The van der Waals surface area contributed by atoms with Gasteiger partial charge >= 0.3 is 0 Å². The smallest absolute Gasteiger partial charge is 0.183 e. The normalized spacial score (nSPS) is 12.2.